The summed E-state index contributed by atoms with van der Waals surface area (Å²) in [6.45, 7) is 8.42. The number of rotatable bonds is 5. The van der Waals surface area contributed by atoms with E-state index in [1.165, 1.54) is 6.04 Å². The quantitative estimate of drug-likeness (QED) is 0.611. The number of hydrogen-bond donors (Lipinski definition) is 0. The summed E-state index contributed by atoms with van der Waals surface area (Å²) in [6.07, 6.45) is 1.76. The third-order valence-electron chi connectivity index (χ3n) is 1.87. The fourth-order valence-corrected chi connectivity index (χ4v) is 2.01. The van der Waals surface area contributed by atoms with Gasteiger partial charge in [0.2, 0.25) is 0 Å². The Morgan fingerprint density at radius 1 is 1.50 bits per heavy atom. The van der Waals surface area contributed by atoms with Gasteiger partial charge in [0.15, 0.2) is 0 Å². The van der Waals surface area contributed by atoms with E-state index in [2.05, 4.69) is 40.7 Å². The van der Waals surface area contributed by atoms with Gasteiger partial charge in [0, 0.05) is 14.7 Å². The zero-order chi connectivity index (χ0) is 10.6. The van der Waals surface area contributed by atoms with Gasteiger partial charge in [-0.25, -0.2) is 4.68 Å². The van der Waals surface area contributed by atoms with Crippen LogP contribution in [0.25, 0.3) is 0 Å². The van der Waals surface area contributed by atoms with Gasteiger partial charge in [0.25, 0.3) is 0 Å². The van der Waals surface area contributed by atoms with Gasteiger partial charge in [-0.05, 0) is 28.0 Å². The minimum absolute atomic E-state index is 0.540. The third kappa shape index (κ3) is 4.39. The highest BCUT2D eigenvalue weighted by atomic mass is 79.9. The summed E-state index contributed by atoms with van der Waals surface area (Å²) < 4.78 is 8.30. The van der Waals surface area contributed by atoms with Crippen LogP contribution in [0, 0.1) is 0 Å². The number of hydrogen-bond acceptors (Lipinski definition) is 2. The molecule has 14 heavy (non-hydrogen) atoms. The maximum absolute atomic E-state index is 5.54. The molecular weight excluding hydrogens is 260 g/mol. The predicted octanol–water partition coefficient (Wildman–Crippen LogP) is 2.96. The van der Waals surface area contributed by atoms with Crippen LogP contribution in [0.15, 0.2) is 16.9 Å². The highest BCUT2D eigenvalue weighted by molar-refractivity contribution is 9.10. The molecule has 3 nitrogen and oxygen atoms in total. The van der Waals surface area contributed by atoms with Gasteiger partial charge >= 0.3 is 0 Å². The van der Waals surface area contributed by atoms with E-state index >= 15 is 0 Å². The Balaban J connectivity index is 2.20. The first kappa shape index (κ1) is 11.9. The van der Waals surface area contributed by atoms with Crippen LogP contribution in [0.4, 0.5) is 0 Å². The van der Waals surface area contributed by atoms with Gasteiger partial charge in [-0.15, -0.1) is 0 Å². The molecule has 1 rings (SSSR count). The van der Waals surface area contributed by atoms with Crippen molar-refractivity contribution in [3.05, 3.63) is 16.9 Å². The average Bonchev–Trinajstić information content (AvgIpc) is 2.44. The molecular formula is C9H17BrN2OSi. The fourth-order valence-electron chi connectivity index (χ4n) is 0.941. The van der Waals surface area contributed by atoms with E-state index in [9.17, 15) is 0 Å². The van der Waals surface area contributed by atoms with Crippen molar-refractivity contribution in [1.29, 1.82) is 0 Å². The van der Waals surface area contributed by atoms with Gasteiger partial charge in [-0.1, -0.05) is 19.6 Å². The largest absolute Gasteiger partial charge is 0.359 e. The van der Waals surface area contributed by atoms with Crippen LogP contribution >= 0.6 is 15.9 Å². The van der Waals surface area contributed by atoms with E-state index in [0.717, 1.165) is 11.2 Å². The molecule has 80 valence electrons. The summed E-state index contributed by atoms with van der Waals surface area (Å²) in [5.41, 5.74) is 0. The van der Waals surface area contributed by atoms with Crippen molar-refractivity contribution in [2.45, 2.75) is 32.4 Å². The first-order chi connectivity index (χ1) is 6.49. The lowest BCUT2D eigenvalue weighted by Gasteiger charge is -2.15. The first-order valence-electron chi connectivity index (χ1n) is 4.74. The second-order valence-electron chi connectivity index (χ2n) is 4.50. The van der Waals surface area contributed by atoms with Gasteiger partial charge in [-0.3, -0.25) is 0 Å². The van der Waals surface area contributed by atoms with E-state index in [0.29, 0.717) is 6.73 Å². The van der Waals surface area contributed by atoms with Crippen molar-refractivity contribution in [2.24, 2.45) is 0 Å². The lowest BCUT2D eigenvalue weighted by atomic mass is 10.7. The molecule has 0 aromatic carbocycles. The van der Waals surface area contributed by atoms with E-state index in [4.69, 9.17) is 4.74 Å². The standard InChI is InChI=1S/C9H17BrN2OSi/c1-14(2,3)7-6-13-8-12-9(10)4-5-11-12/h4-5H,6-8H2,1-3H3. The van der Waals surface area contributed by atoms with Crippen LogP contribution in [-0.2, 0) is 11.5 Å². The number of aromatic nitrogens is 2. The van der Waals surface area contributed by atoms with Crippen molar-refractivity contribution >= 4 is 24.0 Å². The van der Waals surface area contributed by atoms with Crippen LogP contribution in [0.5, 0.6) is 0 Å². The SMILES string of the molecule is C[Si](C)(C)CCOCn1nccc1Br. The minimum atomic E-state index is -0.959. The summed E-state index contributed by atoms with van der Waals surface area (Å²) in [6, 6.07) is 3.10. The molecule has 0 fully saturated rings. The molecule has 0 unspecified atom stereocenters. The maximum Gasteiger partial charge on any atom is 0.140 e. The average molecular weight is 277 g/mol. The molecule has 0 aliphatic carbocycles. The molecule has 1 aromatic heterocycles. The molecule has 5 heteroatoms. The van der Waals surface area contributed by atoms with Crippen molar-refractivity contribution in [3.63, 3.8) is 0 Å². The second-order valence-corrected chi connectivity index (χ2v) is 10.9. The Morgan fingerprint density at radius 2 is 2.21 bits per heavy atom. The maximum atomic E-state index is 5.54. The van der Waals surface area contributed by atoms with Crippen LogP contribution in [0.3, 0.4) is 0 Å². The Hall–Kier alpha value is -0.133. The van der Waals surface area contributed by atoms with Crippen molar-refractivity contribution in [1.82, 2.24) is 9.78 Å². The van der Waals surface area contributed by atoms with Crippen LogP contribution < -0.4 is 0 Å². The normalized spacial score (nSPS) is 12.0. The summed E-state index contributed by atoms with van der Waals surface area (Å²) in [7, 11) is -0.959. The second kappa shape index (κ2) is 5.09. The highest BCUT2D eigenvalue weighted by Gasteiger charge is 2.12. The highest BCUT2D eigenvalue weighted by Crippen LogP contribution is 2.10. The molecule has 0 bridgehead atoms. The van der Waals surface area contributed by atoms with Crippen LogP contribution in [-0.4, -0.2) is 24.5 Å². The molecule has 0 saturated carbocycles. The van der Waals surface area contributed by atoms with Crippen LogP contribution in [0.2, 0.25) is 25.7 Å². The third-order valence-corrected chi connectivity index (χ3v) is 4.25. The molecule has 0 radical (unpaired) electrons. The van der Waals surface area contributed by atoms with E-state index in [1.807, 2.05) is 6.07 Å². The van der Waals surface area contributed by atoms with Crippen molar-refractivity contribution in [2.75, 3.05) is 6.61 Å². The molecule has 0 amide bonds. The molecule has 1 aromatic rings. The molecule has 1 heterocycles. The summed E-state index contributed by atoms with van der Waals surface area (Å²) in [5.74, 6) is 0. The zero-order valence-corrected chi connectivity index (χ0v) is 11.5. The Morgan fingerprint density at radius 3 is 2.71 bits per heavy atom. The van der Waals surface area contributed by atoms with E-state index in [1.54, 1.807) is 10.9 Å². The molecule has 0 N–H and O–H groups in total. The first-order valence-corrected chi connectivity index (χ1v) is 9.24. The van der Waals surface area contributed by atoms with Crippen molar-refractivity contribution in [3.8, 4) is 0 Å². The lowest BCUT2D eigenvalue weighted by molar-refractivity contribution is 0.0770. The van der Waals surface area contributed by atoms with E-state index in [-0.39, 0.29) is 0 Å². The lowest BCUT2D eigenvalue weighted by Crippen LogP contribution is -2.22. The van der Waals surface area contributed by atoms with Crippen LogP contribution in [0.1, 0.15) is 0 Å². The van der Waals surface area contributed by atoms with Gasteiger partial charge in [0.1, 0.15) is 11.3 Å². The van der Waals surface area contributed by atoms with Gasteiger partial charge in [-0.2, -0.15) is 5.10 Å². The van der Waals surface area contributed by atoms with Crippen molar-refractivity contribution < 1.29 is 4.74 Å². The Labute approximate surface area is 94.6 Å². The zero-order valence-electron chi connectivity index (χ0n) is 8.96. The van der Waals surface area contributed by atoms with E-state index < -0.39 is 8.07 Å². The smallest absolute Gasteiger partial charge is 0.140 e. The predicted molar refractivity (Wildman–Crippen MR) is 64.0 cm³/mol. The Kier molecular flexibility index (Phi) is 4.34. The topological polar surface area (TPSA) is 27.1 Å². The number of nitrogens with zero attached hydrogens (tertiary/aromatic N) is 2. The van der Waals surface area contributed by atoms with Gasteiger partial charge < -0.3 is 4.74 Å². The number of halogens is 1. The molecule has 0 spiro atoms. The minimum Gasteiger partial charge on any atom is -0.359 e. The molecule has 0 aliphatic heterocycles. The monoisotopic (exact) mass is 276 g/mol. The van der Waals surface area contributed by atoms with Gasteiger partial charge in [0.05, 0.1) is 6.20 Å². The summed E-state index contributed by atoms with van der Waals surface area (Å²) in [5, 5.41) is 4.11. The summed E-state index contributed by atoms with van der Waals surface area (Å²) in [4.78, 5) is 0. The number of ether oxygens (including phenoxy) is 1. The molecule has 0 atom stereocenters. The fraction of sp³-hybridized carbons (Fsp3) is 0.667. The molecule has 0 saturated heterocycles. The molecule has 0 aliphatic rings. The summed E-state index contributed by atoms with van der Waals surface area (Å²) >= 11 is 3.39. The Bertz CT molecular complexity index is 283.